The fourth-order valence-electron chi connectivity index (χ4n) is 2.92. The predicted molar refractivity (Wildman–Crippen MR) is 126 cm³/mol. The number of amides is 1. The summed E-state index contributed by atoms with van der Waals surface area (Å²) < 4.78 is 43.7. The third-order valence-electron chi connectivity index (χ3n) is 4.73. The third kappa shape index (κ3) is 5.72. The molecule has 1 heterocycles. The van der Waals surface area contributed by atoms with Crippen molar-refractivity contribution in [2.24, 2.45) is 0 Å². The Hall–Kier alpha value is -3.79. The molecule has 1 aromatic heterocycles. The van der Waals surface area contributed by atoms with E-state index in [9.17, 15) is 13.2 Å². The van der Waals surface area contributed by atoms with Crippen LogP contribution >= 0.6 is 0 Å². The van der Waals surface area contributed by atoms with E-state index in [1.54, 1.807) is 56.3 Å². The second-order valence-electron chi connectivity index (χ2n) is 6.99. The Bertz CT molecular complexity index is 1260. The standard InChI is InChI=1S/C23H25N3O6S/c1-5-22(27)24-23-15(2)25-32-20(23)12-8-16-6-10-18(11-7-16)33(28,29)26-17-9-13-19(30-3)21(14-17)31-4/h6-14,26H,5H2,1-4H3,(H,24,27)/b12-8-. The van der Waals surface area contributed by atoms with Gasteiger partial charge in [0.25, 0.3) is 10.0 Å². The first-order valence-corrected chi connectivity index (χ1v) is 11.5. The number of nitrogens with zero attached hydrogens (tertiary/aromatic N) is 1. The zero-order valence-electron chi connectivity index (χ0n) is 18.7. The van der Waals surface area contributed by atoms with Gasteiger partial charge in [-0.25, -0.2) is 8.42 Å². The van der Waals surface area contributed by atoms with Gasteiger partial charge in [-0.3, -0.25) is 9.52 Å². The van der Waals surface area contributed by atoms with Crippen molar-refractivity contribution in [2.75, 3.05) is 24.3 Å². The topological polar surface area (TPSA) is 120 Å². The number of methoxy groups -OCH3 is 2. The SMILES string of the molecule is CCC(=O)Nc1c(C)noc1/C=C\c1ccc(S(=O)(=O)Nc2ccc(OC)c(OC)c2)cc1. The van der Waals surface area contributed by atoms with E-state index in [0.717, 1.165) is 5.56 Å². The molecule has 0 spiro atoms. The summed E-state index contributed by atoms with van der Waals surface area (Å²) >= 11 is 0. The summed E-state index contributed by atoms with van der Waals surface area (Å²) in [6.45, 7) is 3.49. The fourth-order valence-corrected chi connectivity index (χ4v) is 3.97. The highest BCUT2D eigenvalue weighted by atomic mass is 32.2. The highest BCUT2D eigenvalue weighted by Gasteiger charge is 2.16. The molecular formula is C23H25N3O6S. The van der Waals surface area contributed by atoms with Crippen LogP contribution < -0.4 is 19.5 Å². The number of hydrogen-bond donors (Lipinski definition) is 2. The number of nitrogens with one attached hydrogen (secondary N) is 2. The number of aryl methyl sites for hydroxylation is 1. The molecular weight excluding hydrogens is 446 g/mol. The maximum absolute atomic E-state index is 12.8. The molecule has 10 heteroatoms. The van der Waals surface area contributed by atoms with E-state index in [1.165, 1.54) is 26.4 Å². The Balaban J connectivity index is 1.76. The summed E-state index contributed by atoms with van der Waals surface area (Å²) in [5.74, 6) is 1.17. The molecule has 0 aliphatic carbocycles. The lowest BCUT2D eigenvalue weighted by Crippen LogP contribution is -2.13. The molecule has 3 aromatic rings. The Morgan fingerprint density at radius 2 is 1.76 bits per heavy atom. The Labute approximate surface area is 192 Å². The van der Waals surface area contributed by atoms with Crippen molar-refractivity contribution in [3.63, 3.8) is 0 Å². The smallest absolute Gasteiger partial charge is 0.261 e. The van der Waals surface area contributed by atoms with Crippen LogP contribution in [0.4, 0.5) is 11.4 Å². The molecule has 9 nitrogen and oxygen atoms in total. The molecule has 2 N–H and O–H groups in total. The van der Waals surface area contributed by atoms with Gasteiger partial charge in [-0.05, 0) is 42.8 Å². The van der Waals surface area contributed by atoms with Crippen LogP contribution in [0.1, 0.15) is 30.4 Å². The number of rotatable bonds is 9. The van der Waals surface area contributed by atoms with E-state index in [4.69, 9.17) is 14.0 Å². The van der Waals surface area contributed by atoms with Crippen molar-refractivity contribution in [3.05, 3.63) is 59.5 Å². The van der Waals surface area contributed by atoms with Gasteiger partial charge in [0.2, 0.25) is 5.91 Å². The van der Waals surface area contributed by atoms with Gasteiger partial charge in [-0.2, -0.15) is 0 Å². The molecule has 0 saturated carbocycles. The zero-order valence-corrected chi connectivity index (χ0v) is 19.5. The maximum atomic E-state index is 12.8. The van der Waals surface area contributed by atoms with Crippen molar-refractivity contribution in [3.8, 4) is 11.5 Å². The molecule has 33 heavy (non-hydrogen) atoms. The van der Waals surface area contributed by atoms with Gasteiger partial charge in [0.1, 0.15) is 11.4 Å². The second-order valence-corrected chi connectivity index (χ2v) is 8.67. The predicted octanol–water partition coefficient (Wildman–Crippen LogP) is 4.32. The van der Waals surface area contributed by atoms with Crippen LogP contribution in [0, 0.1) is 6.92 Å². The number of carbonyl (C=O) groups is 1. The molecule has 0 saturated heterocycles. The van der Waals surface area contributed by atoms with E-state index in [1.807, 2.05) is 0 Å². The lowest BCUT2D eigenvalue weighted by Gasteiger charge is -2.12. The van der Waals surface area contributed by atoms with Crippen LogP contribution in [0.2, 0.25) is 0 Å². The van der Waals surface area contributed by atoms with Gasteiger partial charge < -0.3 is 19.3 Å². The minimum absolute atomic E-state index is 0.0980. The molecule has 2 aromatic carbocycles. The summed E-state index contributed by atoms with van der Waals surface area (Å²) in [6, 6.07) is 11.1. The Kier molecular flexibility index (Phi) is 7.39. The number of ether oxygens (including phenoxy) is 2. The van der Waals surface area contributed by atoms with Gasteiger partial charge in [-0.15, -0.1) is 0 Å². The van der Waals surface area contributed by atoms with Crippen molar-refractivity contribution < 1.29 is 27.2 Å². The average Bonchev–Trinajstić information content (AvgIpc) is 3.16. The third-order valence-corrected chi connectivity index (χ3v) is 6.13. The van der Waals surface area contributed by atoms with E-state index in [0.29, 0.717) is 40.7 Å². The maximum Gasteiger partial charge on any atom is 0.261 e. The average molecular weight is 472 g/mol. The van der Waals surface area contributed by atoms with Crippen LogP contribution in [0.5, 0.6) is 11.5 Å². The van der Waals surface area contributed by atoms with Gasteiger partial charge in [0, 0.05) is 12.5 Å². The number of sulfonamides is 1. The molecule has 1 amide bonds. The molecule has 3 rings (SSSR count). The monoisotopic (exact) mass is 471 g/mol. The Morgan fingerprint density at radius 1 is 1.06 bits per heavy atom. The van der Waals surface area contributed by atoms with Crippen molar-refractivity contribution in [1.82, 2.24) is 5.16 Å². The normalized spacial score (nSPS) is 11.4. The van der Waals surface area contributed by atoms with Gasteiger partial charge in [0.15, 0.2) is 17.3 Å². The molecule has 0 unspecified atom stereocenters. The second kappa shape index (κ2) is 10.2. The van der Waals surface area contributed by atoms with Gasteiger partial charge >= 0.3 is 0 Å². The summed E-state index contributed by atoms with van der Waals surface area (Å²) in [4.78, 5) is 11.8. The van der Waals surface area contributed by atoms with Crippen molar-refractivity contribution in [1.29, 1.82) is 0 Å². The minimum Gasteiger partial charge on any atom is -0.493 e. The fraction of sp³-hybridized carbons (Fsp3) is 0.217. The number of hydrogen-bond acceptors (Lipinski definition) is 7. The highest BCUT2D eigenvalue weighted by molar-refractivity contribution is 7.92. The van der Waals surface area contributed by atoms with Crippen LogP contribution in [0.3, 0.4) is 0 Å². The van der Waals surface area contributed by atoms with Gasteiger partial charge in [0.05, 0.1) is 24.8 Å². The highest BCUT2D eigenvalue weighted by Crippen LogP contribution is 2.31. The molecule has 0 aliphatic rings. The van der Waals surface area contributed by atoms with Crippen LogP contribution in [0.15, 0.2) is 51.9 Å². The number of benzene rings is 2. The van der Waals surface area contributed by atoms with Crippen molar-refractivity contribution >= 4 is 39.5 Å². The zero-order chi connectivity index (χ0) is 24.0. The van der Waals surface area contributed by atoms with E-state index >= 15 is 0 Å². The van der Waals surface area contributed by atoms with Gasteiger partial charge in [-0.1, -0.05) is 30.3 Å². The first-order chi connectivity index (χ1) is 15.8. The van der Waals surface area contributed by atoms with Crippen LogP contribution in [-0.4, -0.2) is 33.7 Å². The lowest BCUT2D eigenvalue weighted by molar-refractivity contribution is -0.115. The van der Waals surface area contributed by atoms with E-state index < -0.39 is 10.0 Å². The van der Waals surface area contributed by atoms with Crippen LogP contribution in [-0.2, 0) is 14.8 Å². The number of aromatic nitrogens is 1. The molecule has 174 valence electrons. The van der Waals surface area contributed by atoms with Crippen molar-refractivity contribution in [2.45, 2.75) is 25.2 Å². The summed E-state index contributed by atoms with van der Waals surface area (Å²) in [7, 11) is -0.829. The molecule has 0 atom stereocenters. The summed E-state index contributed by atoms with van der Waals surface area (Å²) in [5.41, 5.74) is 2.16. The lowest BCUT2D eigenvalue weighted by atomic mass is 10.2. The first kappa shape index (κ1) is 23.9. The largest absolute Gasteiger partial charge is 0.493 e. The molecule has 0 bridgehead atoms. The molecule has 0 aliphatic heterocycles. The minimum atomic E-state index is -3.81. The first-order valence-electron chi connectivity index (χ1n) is 10.1. The summed E-state index contributed by atoms with van der Waals surface area (Å²) in [6.07, 6.45) is 3.73. The summed E-state index contributed by atoms with van der Waals surface area (Å²) in [5, 5.41) is 6.64. The van der Waals surface area contributed by atoms with Crippen LogP contribution in [0.25, 0.3) is 12.2 Å². The van der Waals surface area contributed by atoms with E-state index in [2.05, 4.69) is 15.2 Å². The number of carbonyl (C=O) groups excluding carboxylic acids is 1. The Morgan fingerprint density at radius 3 is 2.39 bits per heavy atom. The van der Waals surface area contributed by atoms with E-state index in [-0.39, 0.29) is 10.8 Å². The molecule has 0 fully saturated rings. The molecule has 0 radical (unpaired) electrons. The number of anilines is 2. The quantitative estimate of drug-likeness (QED) is 0.477.